The normalized spacial score (nSPS) is 10.3. The molecular formula is C28H31BBr3F2N2O2S2. The predicted molar refractivity (Wildman–Crippen MR) is 174 cm³/mol. The number of rotatable bonds is 11. The summed E-state index contributed by atoms with van der Waals surface area (Å²) in [5.41, 5.74) is 0.588. The average Bonchev–Trinajstić information content (AvgIpc) is 3.56. The van der Waals surface area contributed by atoms with Gasteiger partial charge in [0, 0.05) is 36.7 Å². The fourth-order valence-corrected chi connectivity index (χ4v) is 6.38. The van der Waals surface area contributed by atoms with Crippen molar-refractivity contribution < 1.29 is 18.5 Å². The fourth-order valence-electron chi connectivity index (χ4n) is 3.34. The summed E-state index contributed by atoms with van der Waals surface area (Å²) in [5.74, 6) is -0.751. The van der Waals surface area contributed by atoms with Crippen LogP contribution >= 0.6 is 70.5 Å². The lowest BCUT2D eigenvalue weighted by molar-refractivity contribution is 0.431. The highest BCUT2D eigenvalue weighted by atomic mass is 79.9. The maximum atomic E-state index is 13.8. The molecule has 2 heterocycles. The highest BCUT2D eigenvalue weighted by molar-refractivity contribution is 9.11. The predicted octanol–water partition coefficient (Wildman–Crippen LogP) is 10.6. The Balaban J connectivity index is 0.000000222. The quantitative estimate of drug-likeness (QED) is 0.122. The van der Waals surface area contributed by atoms with Gasteiger partial charge in [-0.15, -0.1) is 22.7 Å². The number of hydrogen-bond donors (Lipinski definition) is 1. The van der Waals surface area contributed by atoms with E-state index in [-0.39, 0.29) is 11.6 Å². The molecule has 0 bridgehead atoms. The highest BCUT2D eigenvalue weighted by Crippen LogP contribution is 2.30. The Hall–Kier alpha value is -1.18. The average molecular weight is 780 g/mol. The molecule has 12 heteroatoms. The molecule has 4 aromatic rings. The molecular weight excluding hydrogens is 749 g/mol. The van der Waals surface area contributed by atoms with Crippen LogP contribution in [0.25, 0.3) is 10.6 Å². The zero-order valence-electron chi connectivity index (χ0n) is 22.3. The monoisotopic (exact) mass is 777 g/mol. The van der Waals surface area contributed by atoms with Gasteiger partial charge in [0.25, 0.3) is 0 Å². The molecule has 0 amide bonds. The molecule has 0 saturated heterocycles. The molecule has 40 heavy (non-hydrogen) atoms. The standard InChI is InChI=1S/C14H15BrFNS.C8H12BrNS.C6H4BBrFO2/c1-2-3-4-5-11-9-17-14(18-11)12-7-6-10(15)8-13(12)16;1-2-3-4-5-7-6-10-8(9)11-7;8-4-1-2-6(11-7-10)5(9)3-4/h6-9H,2-5H2,1H3;6H,2-5H2,1H3;1-3,10H. The van der Waals surface area contributed by atoms with E-state index >= 15 is 0 Å². The van der Waals surface area contributed by atoms with Crippen molar-refractivity contribution in [1.29, 1.82) is 0 Å². The summed E-state index contributed by atoms with van der Waals surface area (Å²) in [6, 6.07) is 9.37. The molecule has 2 aromatic heterocycles. The number of unbranched alkanes of at least 4 members (excludes halogenated alkanes) is 4. The summed E-state index contributed by atoms with van der Waals surface area (Å²) < 4.78 is 33.3. The van der Waals surface area contributed by atoms with E-state index in [1.54, 1.807) is 34.8 Å². The van der Waals surface area contributed by atoms with Gasteiger partial charge < -0.3 is 9.68 Å². The second-order valence-corrected chi connectivity index (χ2v) is 13.9. The van der Waals surface area contributed by atoms with Crippen molar-refractivity contribution in [1.82, 2.24) is 9.97 Å². The molecule has 0 aliphatic carbocycles. The number of aromatic nitrogens is 2. The minimum absolute atomic E-state index is 0.00398. The summed E-state index contributed by atoms with van der Waals surface area (Å²) in [6.07, 6.45) is 13.6. The van der Waals surface area contributed by atoms with Crippen LogP contribution in [0.5, 0.6) is 5.75 Å². The summed E-state index contributed by atoms with van der Waals surface area (Å²) in [7, 11) is 0.437. The van der Waals surface area contributed by atoms with Crippen LogP contribution in [0.2, 0.25) is 0 Å². The number of thiazole rings is 2. The van der Waals surface area contributed by atoms with E-state index in [0.717, 1.165) is 19.8 Å². The van der Waals surface area contributed by atoms with E-state index in [2.05, 4.69) is 76.3 Å². The fraction of sp³-hybridized carbons (Fsp3) is 0.357. The summed E-state index contributed by atoms with van der Waals surface area (Å²) in [5, 5.41) is 8.96. The van der Waals surface area contributed by atoms with Crippen LogP contribution in [0.1, 0.15) is 62.1 Å². The SMILES string of the molecule is CCCCCc1cnc(-c2ccc(Br)cc2F)s1.CCCCCc1cnc(Br)s1.O[B]Oc1ccc(Br)cc1F. The first-order valence-electron chi connectivity index (χ1n) is 12.8. The molecule has 0 atom stereocenters. The van der Waals surface area contributed by atoms with Crippen LogP contribution in [0.4, 0.5) is 8.78 Å². The molecule has 4 nitrogen and oxygen atoms in total. The number of halogens is 5. The zero-order valence-corrected chi connectivity index (χ0v) is 28.7. The van der Waals surface area contributed by atoms with Gasteiger partial charge in [-0.25, -0.2) is 18.7 Å². The van der Waals surface area contributed by atoms with E-state index in [1.807, 2.05) is 18.5 Å². The topological polar surface area (TPSA) is 55.2 Å². The third-order valence-electron chi connectivity index (χ3n) is 5.37. The first-order chi connectivity index (χ1) is 19.3. The third-order valence-corrected chi connectivity index (χ3v) is 8.98. The number of nitrogens with zero attached hydrogens (tertiary/aromatic N) is 2. The maximum Gasteiger partial charge on any atom is 0.569 e. The van der Waals surface area contributed by atoms with Gasteiger partial charge in [-0.1, -0.05) is 71.4 Å². The van der Waals surface area contributed by atoms with Gasteiger partial charge in [0.1, 0.15) is 16.6 Å². The van der Waals surface area contributed by atoms with E-state index in [0.29, 0.717) is 17.7 Å². The van der Waals surface area contributed by atoms with Gasteiger partial charge >= 0.3 is 7.69 Å². The lowest BCUT2D eigenvalue weighted by Crippen LogP contribution is -2.01. The second-order valence-electron chi connectivity index (χ2n) is 8.55. The zero-order chi connectivity index (χ0) is 29.3. The summed E-state index contributed by atoms with van der Waals surface area (Å²) in [4.78, 5) is 11.1. The maximum absolute atomic E-state index is 13.8. The number of aryl methyl sites for hydroxylation is 2. The first kappa shape index (κ1) is 35.0. The van der Waals surface area contributed by atoms with Gasteiger partial charge in [0.15, 0.2) is 9.73 Å². The Morgan fingerprint density at radius 1 is 0.800 bits per heavy atom. The Morgan fingerprint density at radius 3 is 1.90 bits per heavy atom. The number of benzene rings is 2. The first-order valence-corrected chi connectivity index (χ1v) is 16.9. The Labute approximate surface area is 269 Å². The Kier molecular flexibility index (Phi) is 17.4. The molecule has 0 aliphatic rings. The molecule has 215 valence electrons. The van der Waals surface area contributed by atoms with E-state index in [9.17, 15) is 8.78 Å². The van der Waals surface area contributed by atoms with Crippen LogP contribution < -0.4 is 4.65 Å². The van der Waals surface area contributed by atoms with Crippen LogP contribution in [0, 0.1) is 11.6 Å². The third kappa shape index (κ3) is 13.2. The van der Waals surface area contributed by atoms with Crippen molar-refractivity contribution >= 4 is 78.1 Å². The van der Waals surface area contributed by atoms with Crippen LogP contribution in [0.3, 0.4) is 0 Å². The molecule has 0 unspecified atom stereocenters. The smallest absolute Gasteiger partial charge is 0.535 e. The van der Waals surface area contributed by atoms with Gasteiger partial charge in [-0.3, -0.25) is 0 Å². The summed E-state index contributed by atoms with van der Waals surface area (Å²) >= 11 is 13.0. The molecule has 0 aliphatic heterocycles. The van der Waals surface area contributed by atoms with E-state index < -0.39 is 5.82 Å². The van der Waals surface area contributed by atoms with Crippen molar-refractivity contribution in [3.8, 4) is 16.3 Å². The van der Waals surface area contributed by atoms with Crippen molar-refractivity contribution in [3.63, 3.8) is 0 Å². The van der Waals surface area contributed by atoms with Crippen LogP contribution in [0.15, 0.2) is 61.7 Å². The molecule has 1 N–H and O–H groups in total. The second kappa shape index (κ2) is 19.9. The van der Waals surface area contributed by atoms with Crippen molar-refractivity contribution in [2.24, 2.45) is 0 Å². The van der Waals surface area contributed by atoms with Crippen molar-refractivity contribution in [3.05, 3.63) is 83.0 Å². The minimum Gasteiger partial charge on any atom is -0.535 e. The van der Waals surface area contributed by atoms with E-state index in [1.165, 1.54) is 72.9 Å². The van der Waals surface area contributed by atoms with Gasteiger partial charge in [-0.05, 0) is 78.0 Å². The lowest BCUT2D eigenvalue weighted by Gasteiger charge is -2.01. The molecule has 2 aromatic carbocycles. The summed E-state index contributed by atoms with van der Waals surface area (Å²) in [6.45, 7) is 4.41. The highest BCUT2D eigenvalue weighted by Gasteiger charge is 2.10. The van der Waals surface area contributed by atoms with E-state index in [4.69, 9.17) is 5.02 Å². The van der Waals surface area contributed by atoms with Gasteiger partial charge in [0.05, 0.1) is 0 Å². The molecule has 4 rings (SSSR count). The van der Waals surface area contributed by atoms with Crippen molar-refractivity contribution in [2.45, 2.75) is 65.2 Å². The van der Waals surface area contributed by atoms with Crippen LogP contribution in [-0.2, 0) is 12.8 Å². The van der Waals surface area contributed by atoms with Crippen molar-refractivity contribution in [2.75, 3.05) is 0 Å². The minimum atomic E-state index is -0.523. The van der Waals surface area contributed by atoms with Gasteiger partial charge in [0.2, 0.25) is 0 Å². The molecule has 1 radical (unpaired) electrons. The largest absolute Gasteiger partial charge is 0.569 e. The lowest BCUT2D eigenvalue weighted by atomic mass is 10.2. The molecule has 0 fully saturated rings. The molecule has 0 saturated carbocycles. The Bertz CT molecular complexity index is 1290. The number of hydrogen-bond acceptors (Lipinski definition) is 6. The molecule has 0 spiro atoms. The van der Waals surface area contributed by atoms with Gasteiger partial charge in [-0.2, -0.15) is 0 Å². The Morgan fingerprint density at radius 2 is 1.38 bits per heavy atom. The van der Waals surface area contributed by atoms with Crippen LogP contribution in [-0.4, -0.2) is 22.7 Å².